The molecular formula is C21H24FN4+. The normalized spacial score (nSPS) is 11.9. The smallest absolute Gasteiger partial charge is 0.240 e. The van der Waals surface area contributed by atoms with Crippen LogP contribution >= 0.6 is 0 Å². The molecule has 0 aliphatic carbocycles. The number of rotatable bonds is 5. The van der Waals surface area contributed by atoms with Crippen LogP contribution in [0.15, 0.2) is 42.5 Å². The van der Waals surface area contributed by atoms with E-state index in [9.17, 15) is 4.39 Å². The third-order valence-corrected chi connectivity index (χ3v) is 4.94. The van der Waals surface area contributed by atoms with E-state index in [1.54, 1.807) is 6.07 Å². The summed E-state index contributed by atoms with van der Waals surface area (Å²) in [5.74, 6) is -0.216. The van der Waals surface area contributed by atoms with Crippen molar-refractivity contribution in [2.24, 2.45) is 7.05 Å². The van der Waals surface area contributed by atoms with Crippen molar-refractivity contribution in [3.05, 3.63) is 48.3 Å². The molecule has 0 aliphatic rings. The van der Waals surface area contributed by atoms with E-state index >= 15 is 0 Å². The molecule has 0 radical (unpaired) electrons. The number of pyridine rings is 1. The highest BCUT2D eigenvalue weighted by Crippen LogP contribution is 2.33. The summed E-state index contributed by atoms with van der Waals surface area (Å²) in [6, 6.07) is 13.3. The van der Waals surface area contributed by atoms with Gasteiger partial charge >= 0.3 is 0 Å². The van der Waals surface area contributed by atoms with Crippen LogP contribution in [0.5, 0.6) is 0 Å². The Kier molecular flexibility index (Phi) is 4.24. The lowest BCUT2D eigenvalue weighted by Gasteiger charge is -2.12. The number of benzene rings is 2. The maximum atomic E-state index is 13.9. The second kappa shape index (κ2) is 6.57. The molecule has 0 fully saturated rings. The Morgan fingerprint density at radius 1 is 1.12 bits per heavy atom. The van der Waals surface area contributed by atoms with Gasteiger partial charge in [0.15, 0.2) is 0 Å². The molecule has 0 aliphatic heterocycles. The van der Waals surface area contributed by atoms with Crippen molar-refractivity contribution in [1.29, 1.82) is 0 Å². The zero-order valence-corrected chi connectivity index (χ0v) is 15.4. The summed E-state index contributed by atoms with van der Waals surface area (Å²) >= 11 is 0. The number of nitrogens with zero attached hydrogens (tertiary/aromatic N) is 2. The van der Waals surface area contributed by atoms with Crippen molar-refractivity contribution in [2.75, 3.05) is 32.5 Å². The maximum Gasteiger partial charge on any atom is 0.240 e. The zero-order chi connectivity index (χ0) is 18.3. The number of anilines is 1. The number of para-hydroxylation sites is 1. The number of aryl methyl sites for hydroxylation is 1. The summed E-state index contributed by atoms with van der Waals surface area (Å²) in [6.07, 6.45) is 1.05. The Hall–Kier alpha value is -2.66. The lowest BCUT2D eigenvalue weighted by atomic mass is 10.1. The number of aromatic amines is 1. The van der Waals surface area contributed by atoms with E-state index < -0.39 is 0 Å². The van der Waals surface area contributed by atoms with E-state index in [0.717, 1.165) is 52.7 Å². The molecular weight excluding hydrogens is 327 g/mol. The maximum absolute atomic E-state index is 13.9. The summed E-state index contributed by atoms with van der Waals surface area (Å²) in [5.41, 5.74) is 5.21. The standard InChI is InChI=1S/C21H23FN4/c1-25(2)12-6-11-23-19-15-7-4-5-8-18(15)26(3)21-16-13-14(22)9-10-17(16)24-20(19)21/h4-5,7-10,13H,6,11-12H2,1-3H3,(H,23,24)/p+1. The largest absolute Gasteiger partial charge is 0.382 e. The van der Waals surface area contributed by atoms with Gasteiger partial charge < -0.3 is 15.2 Å². The van der Waals surface area contributed by atoms with Gasteiger partial charge in [-0.2, -0.15) is 4.57 Å². The molecule has 4 aromatic rings. The van der Waals surface area contributed by atoms with Crippen LogP contribution in [0.2, 0.25) is 0 Å². The van der Waals surface area contributed by atoms with Gasteiger partial charge in [-0.15, -0.1) is 0 Å². The summed E-state index contributed by atoms with van der Waals surface area (Å²) in [5, 5.41) is 5.70. The van der Waals surface area contributed by atoms with Gasteiger partial charge in [0, 0.05) is 12.6 Å². The number of H-pyrrole nitrogens is 1. The van der Waals surface area contributed by atoms with Crippen molar-refractivity contribution in [3.63, 3.8) is 0 Å². The number of hydrogen-bond acceptors (Lipinski definition) is 2. The number of fused-ring (bicyclic) bond motifs is 4. The molecule has 26 heavy (non-hydrogen) atoms. The molecule has 5 heteroatoms. The molecule has 4 rings (SSSR count). The van der Waals surface area contributed by atoms with Gasteiger partial charge in [0.05, 0.1) is 22.0 Å². The highest BCUT2D eigenvalue weighted by atomic mass is 19.1. The second-order valence-corrected chi connectivity index (χ2v) is 7.07. The minimum absolute atomic E-state index is 0.216. The first kappa shape index (κ1) is 16.8. The number of hydrogen-bond donors (Lipinski definition) is 2. The molecule has 0 unspecified atom stereocenters. The van der Waals surface area contributed by atoms with Gasteiger partial charge in [-0.25, -0.2) is 4.39 Å². The number of nitrogens with one attached hydrogen (secondary N) is 2. The molecule has 0 saturated carbocycles. The Bertz CT molecular complexity index is 1100. The number of halogens is 1. The zero-order valence-electron chi connectivity index (χ0n) is 15.4. The van der Waals surface area contributed by atoms with E-state index in [1.807, 2.05) is 19.2 Å². The molecule has 2 N–H and O–H groups in total. The molecule has 2 heterocycles. The second-order valence-electron chi connectivity index (χ2n) is 7.07. The van der Waals surface area contributed by atoms with Gasteiger partial charge in [0.25, 0.3) is 0 Å². The van der Waals surface area contributed by atoms with Crippen molar-refractivity contribution >= 4 is 38.5 Å². The predicted octanol–water partition coefficient (Wildman–Crippen LogP) is 3.80. The highest BCUT2D eigenvalue weighted by Gasteiger charge is 2.22. The van der Waals surface area contributed by atoms with Crippen LogP contribution in [0.1, 0.15) is 6.42 Å². The predicted molar refractivity (Wildman–Crippen MR) is 106 cm³/mol. The third-order valence-electron chi connectivity index (χ3n) is 4.94. The molecule has 2 aromatic heterocycles. The molecule has 0 bridgehead atoms. The average molecular weight is 351 g/mol. The van der Waals surface area contributed by atoms with Crippen LogP contribution in [0.4, 0.5) is 10.1 Å². The van der Waals surface area contributed by atoms with Crippen LogP contribution in [0.3, 0.4) is 0 Å². The van der Waals surface area contributed by atoms with Gasteiger partial charge in [-0.05, 0) is 51.3 Å². The van der Waals surface area contributed by atoms with Crippen molar-refractivity contribution in [2.45, 2.75) is 6.42 Å². The first-order chi connectivity index (χ1) is 12.6. The first-order valence-corrected chi connectivity index (χ1v) is 8.96. The fraction of sp³-hybridized carbons (Fsp3) is 0.286. The summed E-state index contributed by atoms with van der Waals surface area (Å²) < 4.78 is 16.0. The Morgan fingerprint density at radius 3 is 2.73 bits per heavy atom. The average Bonchev–Trinajstić information content (AvgIpc) is 2.99. The monoisotopic (exact) mass is 351 g/mol. The lowest BCUT2D eigenvalue weighted by molar-refractivity contribution is -0.616. The van der Waals surface area contributed by atoms with E-state index in [0.29, 0.717) is 0 Å². The Labute approximate surface area is 152 Å². The lowest BCUT2D eigenvalue weighted by Crippen LogP contribution is -2.30. The van der Waals surface area contributed by atoms with Gasteiger partial charge in [-0.1, -0.05) is 12.1 Å². The van der Waals surface area contributed by atoms with E-state index in [2.05, 4.69) is 52.1 Å². The Morgan fingerprint density at radius 2 is 1.92 bits per heavy atom. The topological polar surface area (TPSA) is 34.9 Å². The minimum atomic E-state index is -0.216. The van der Waals surface area contributed by atoms with Crippen LogP contribution in [-0.2, 0) is 7.05 Å². The quantitative estimate of drug-likeness (QED) is 0.424. The summed E-state index contributed by atoms with van der Waals surface area (Å²) in [7, 11) is 6.21. The van der Waals surface area contributed by atoms with E-state index in [4.69, 9.17) is 0 Å². The Balaban J connectivity index is 1.94. The molecule has 0 spiro atoms. The highest BCUT2D eigenvalue weighted by molar-refractivity contribution is 6.13. The molecule has 0 amide bonds. The molecule has 0 atom stereocenters. The number of aromatic nitrogens is 2. The van der Waals surface area contributed by atoms with Crippen LogP contribution in [-0.4, -0.2) is 37.1 Å². The summed E-state index contributed by atoms with van der Waals surface area (Å²) in [4.78, 5) is 5.68. The molecule has 4 nitrogen and oxygen atoms in total. The molecule has 134 valence electrons. The van der Waals surface area contributed by atoms with Crippen LogP contribution in [0.25, 0.3) is 32.8 Å². The van der Waals surface area contributed by atoms with Crippen molar-refractivity contribution < 1.29 is 8.96 Å². The summed E-state index contributed by atoms with van der Waals surface area (Å²) in [6.45, 7) is 1.92. The SMILES string of the molecule is CN(C)CCCNc1c2ccccc2[n+](C)c2c1[nH]c1ccc(F)cc12. The van der Waals surface area contributed by atoms with Crippen molar-refractivity contribution in [1.82, 2.24) is 9.88 Å². The van der Waals surface area contributed by atoms with E-state index in [1.165, 1.54) is 11.5 Å². The van der Waals surface area contributed by atoms with E-state index in [-0.39, 0.29) is 5.82 Å². The van der Waals surface area contributed by atoms with Gasteiger partial charge in [0.1, 0.15) is 18.4 Å². The van der Waals surface area contributed by atoms with Crippen LogP contribution in [0, 0.1) is 5.82 Å². The van der Waals surface area contributed by atoms with Gasteiger partial charge in [-0.3, -0.25) is 0 Å². The minimum Gasteiger partial charge on any atom is -0.382 e. The first-order valence-electron chi connectivity index (χ1n) is 8.96. The molecule has 0 saturated heterocycles. The van der Waals surface area contributed by atoms with Gasteiger partial charge in [0.2, 0.25) is 11.0 Å². The van der Waals surface area contributed by atoms with Crippen LogP contribution < -0.4 is 9.88 Å². The fourth-order valence-corrected chi connectivity index (χ4v) is 3.70. The third kappa shape index (κ3) is 2.78. The van der Waals surface area contributed by atoms with Crippen molar-refractivity contribution in [3.8, 4) is 0 Å². The fourth-order valence-electron chi connectivity index (χ4n) is 3.70. The molecule has 2 aromatic carbocycles.